The van der Waals surface area contributed by atoms with Crippen molar-refractivity contribution in [2.45, 2.75) is 65.0 Å². The average molecular weight is 227 g/mol. The lowest BCUT2D eigenvalue weighted by Gasteiger charge is -2.39. The van der Waals surface area contributed by atoms with Gasteiger partial charge in [-0.2, -0.15) is 0 Å². The highest BCUT2D eigenvalue weighted by Crippen LogP contribution is 2.27. The molecule has 0 aromatic carbocycles. The second-order valence-electron chi connectivity index (χ2n) is 4.24. The van der Waals surface area contributed by atoms with Crippen molar-refractivity contribution in [2.75, 3.05) is 13.2 Å². The molecule has 0 saturated carbocycles. The molecule has 0 saturated heterocycles. The van der Waals surface area contributed by atoms with Gasteiger partial charge in [-0.05, 0) is 39.2 Å². The molecule has 0 aliphatic carbocycles. The van der Waals surface area contributed by atoms with E-state index in [0.717, 1.165) is 38.8 Å². The lowest BCUT2D eigenvalue weighted by molar-refractivity contribution is -0.0712. The second kappa shape index (κ2) is 8.77. The van der Waals surface area contributed by atoms with E-state index in [1.807, 2.05) is 6.08 Å². The zero-order valence-electron chi connectivity index (χ0n) is 11.5. The van der Waals surface area contributed by atoms with Gasteiger partial charge in [0.1, 0.15) is 0 Å². The van der Waals surface area contributed by atoms with E-state index in [4.69, 9.17) is 4.74 Å². The molecule has 0 fully saturated rings. The molecule has 1 atom stereocenters. The van der Waals surface area contributed by atoms with E-state index in [-0.39, 0.29) is 5.60 Å². The number of nitrogens with one attached hydrogen (secondary N) is 1. The fraction of sp³-hybridized carbons (Fsp3) is 0.857. The van der Waals surface area contributed by atoms with Crippen LogP contribution < -0.4 is 5.32 Å². The molecule has 0 amide bonds. The fourth-order valence-corrected chi connectivity index (χ4v) is 2.30. The number of hydrogen-bond acceptors (Lipinski definition) is 2. The van der Waals surface area contributed by atoms with Crippen LogP contribution in [0.1, 0.15) is 53.4 Å². The minimum absolute atomic E-state index is 0.0297. The monoisotopic (exact) mass is 227 g/mol. The summed E-state index contributed by atoms with van der Waals surface area (Å²) >= 11 is 0. The molecule has 0 radical (unpaired) electrons. The quantitative estimate of drug-likeness (QED) is 0.577. The van der Waals surface area contributed by atoms with Gasteiger partial charge in [0.25, 0.3) is 0 Å². The topological polar surface area (TPSA) is 21.3 Å². The highest BCUT2D eigenvalue weighted by molar-refractivity contribution is 4.95. The van der Waals surface area contributed by atoms with Crippen molar-refractivity contribution in [3.8, 4) is 0 Å². The molecule has 2 heteroatoms. The van der Waals surface area contributed by atoms with Crippen LogP contribution >= 0.6 is 0 Å². The summed E-state index contributed by atoms with van der Waals surface area (Å²) < 4.78 is 6.03. The van der Waals surface area contributed by atoms with Crippen molar-refractivity contribution < 1.29 is 4.74 Å². The predicted octanol–water partition coefficient (Wildman–Crippen LogP) is 3.53. The fourth-order valence-electron chi connectivity index (χ4n) is 2.30. The van der Waals surface area contributed by atoms with Crippen LogP contribution in [0.4, 0.5) is 0 Å². The maximum atomic E-state index is 6.03. The van der Waals surface area contributed by atoms with Crippen LogP contribution in [0.15, 0.2) is 12.7 Å². The summed E-state index contributed by atoms with van der Waals surface area (Å²) in [6, 6.07) is 0.389. The molecule has 0 aliphatic heterocycles. The van der Waals surface area contributed by atoms with Gasteiger partial charge in [-0.25, -0.2) is 0 Å². The third-order valence-electron chi connectivity index (χ3n) is 3.31. The summed E-state index contributed by atoms with van der Waals surface area (Å²) in [4.78, 5) is 0. The van der Waals surface area contributed by atoms with Gasteiger partial charge in [-0.3, -0.25) is 0 Å². The third-order valence-corrected chi connectivity index (χ3v) is 3.31. The van der Waals surface area contributed by atoms with E-state index in [1.54, 1.807) is 0 Å². The summed E-state index contributed by atoms with van der Waals surface area (Å²) in [5, 5.41) is 3.60. The number of hydrogen-bond donors (Lipinski definition) is 1. The van der Waals surface area contributed by atoms with Gasteiger partial charge in [0, 0.05) is 12.6 Å². The van der Waals surface area contributed by atoms with E-state index in [2.05, 4.69) is 39.6 Å². The predicted molar refractivity (Wildman–Crippen MR) is 71.8 cm³/mol. The lowest BCUT2D eigenvalue weighted by Crippen LogP contribution is -2.52. The SMILES string of the molecule is C=CCC(NCCC)C(CC)(CC)OCC. The minimum Gasteiger partial charge on any atom is -0.374 e. The third kappa shape index (κ3) is 4.26. The Morgan fingerprint density at radius 3 is 2.25 bits per heavy atom. The molecule has 0 aromatic rings. The Morgan fingerprint density at radius 2 is 1.88 bits per heavy atom. The zero-order chi connectivity index (χ0) is 12.4. The van der Waals surface area contributed by atoms with E-state index < -0.39 is 0 Å². The Bertz CT molecular complexity index is 176. The number of ether oxygens (including phenoxy) is 1. The summed E-state index contributed by atoms with van der Waals surface area (Å²) in [7, 11) is 0. The molecule has 0 aliphatic rings. The van der Waals surface area contributed by atoms with Crippen LogP contribution in [0.3, 0.4) is 0 Å². The summed E-state index contributed by atoms with van der Waals surface area (Å²) in [5.74, 6) is 0. The summed E-state index contributed by atoms with van der Waals surface area (Å²) in [6.45, 7) is 14.4. The smallest absolute Gasteiger partial charge is 0.0832 e. The summed E-state index contributed by atoms with van der Waals surface area (Å²) in [5.41, 5.74) is -0.0297. The maximum absolute atomic E-state index is 6.03. The molecule has 16 heavy (non-hydrogen) atoms. The van der Waals surface area contributed by atoms with E-state index in [9.17, 15) is 0 Å². The van der Waals surface area contributed by atoms with Gasteiger partial charge < -0.3 is 10.1 Å². The van der Waals surface area contributed by atoms with Crippen LogP contribution in [0, 0.1) is 0 Å². The standard InChI is InChI=1S/C14H29NO/c1-6-11-13(15-12-7-2)14(8-3,9-4)16-10-5/h6,13,15H,1,7-12H2,2-5H3. The first kappa shape index (κ1) is 15.7. The first-order valence-corrected chi connectivity index (χ1v) is 6.68. The van der Waals surface area contributed by atoms with Crippen molar-refractivity contribution in [3.05, 3.63) is 12.7 Å². The van der Waals surface area contributed by atoms with Gasteiger partial charge >= 0.3 is 0 Å². The first-order valence-electron chi connectivity index (χ1n) is 6.68. The largest absolute Gasteiger partial charge is 0.374 e. The normalized spacial score (nSPS) is 13.8. The summed E-state index contributed by atoms with van der Waals surface area (Å²) in [6.07, 6.45) is 6.22. The van der Waals surface area contributed by atoms with Crippen LogP contribution in [0.2, 0.25) is 0 Å². The molecular weight excluding hydrogens is 198 g/mol. The first-order chi connectivity index (χ1) is 7.70. The van der Waals surface area contributed by atoms with Crippen molar-refractivity contribution in [1.29, 1.82) is 0 Å². The molecule has 1 N–H and O–H groups in total. The molecule has 0 rings (SSSR count). The second-order valence-corrected chi connectivity index (χ2v) is 4.24. The van der Waals surface area contributed by atoms with Crippen LogP contribution in [-0.2, 0) is 4.74 Å². The Kier molecular flexibility index (Phi) is 8.58. The Balaban J connectivity index is 4.68. The molecular formula is C14H29NO. The van der Waals surface area contributed by atoms with Crippen LogP contribution in [0.5, 0.6) is 0 Å². The number of rotatable bonds is 10. The Labute approximate surface area is 101 Å². The molecule has 1 unspecified atom stereocenters. The maximum Gasteiger partial charge on any atom is 0.0832 e. The van der Waals surface area contributed by atoms with Crippen molar-refractivity contribution in [3.63, 3.8) is 0 Å². The van der Waals surface area contributed by atoms with Crippen molar-refractivity contribution in [2.24, 2.45) is 0 Å². The van der Waals surface area contributed by atoms with E-state index >= 15 is 0 Å². The lowest BCUT2D eigenvalue weighted by atomic mass is 9.86. The average Bonchev–Trinajstić information content (AvgIpc) is 2.32. The van der Waals surface area contributed by atoms with Crippen molar-refractivity contribution >= 4 is 0 Å². The van der Waals surface area contributed by atoms with Crippen molar-refractivity contribution in [1.82, 2.24) is 5.32 Å². The molecule has 0 heterocycles. The Morgan fingerprint density at radius 1 is 1.25 bits per heavy atom. The van der Waals surface area contributed by atoms with E-state index in [1.165, 1.54) is 0 Å². The van der Waals surface area contributed by atoms with E-state index in [0.29, 0.717) is 6.04 Å². The molecule has 2 nitrogen and oxygen atoms in total. The van der Waals surface area contributed by atoms with Gasteiger partial charge in [0.2, 0.25) is 0 Å². The minimum atomic E-state index is -0.0297. The van der Waals surface area contributed by atoms with Gasteiger partial charge in [0.15, 0.2) is 0 Å². The highest BCUT2D eigenvalue weighted by atomic mass is 16.5. The molecule has 96 valence electrons. The van der Waals surface area contributed by atoms with Gasteiger partial charge in [-0.1, -0.05) is 26.8 Å². The molecule has 0 bridgehead atoms. The zero-order valence-corrected chi connectivity index (χ0v) is 11.5. The Hall–Kier alpha value is -0.340. The van der Waals surface area contributed by atoms with Crippen LogP contribution in [0.25, 0.3) is 0 Å². The van der Waals surface area contributed by atoms with Gasteiger partial charge in [0.05, 0.1) is 5.60 Å². The van der Waals surface area contributed by atoms with Crippen LogP contribution in [-0.4, -0.2) is 24.8 Å². The van der Waals surface area contributed by atoms with Gasteiger partial charge in [-0.15, -0.1) is 6.58 Å². The molecule has 0 aromatic heterocycles. The highest BCUT2D eigenvalue weighted by Gasteiger charge is 2.35. The molecule has 0 spiro atoms.